The first kappa shape index (κ1) is 15.0. The molecule has 20 heavy (non-hydrogen) atoms. The summed E-state index contributed by atoms with van der Waals surface area (Å²) in [6, 6.07) is 1.94. The Labute approximate surface area is 121 Å². The van der Waals surface area contributed by atoms with Crippen molar-refractivity contribution in [2.45, 2.75) is 33.1 Å². The molecule has 0 spiro atoms. The number of hydrogen-bond acceptors (Lipinski definition) is 5. The lowest BCUT2D eigenvalue weighted by molar-refractivity contribution is 0.325. The number of piperidine rings is 1. The standard InChI is InChI=1S/C15H26N4O/c1-3-7-16-11-13-5-8-19(9-6-13)14-10-15(20-4-2)18-12-17-14/h10,12-13,16H,3-9,11H2,1-2H3. The molecule has 2 heterocycles. The fraction of sp³-hybridized carbons (Fsp3) is 0.733. The topological polar surface area (TPSA) is 50.3 Å². The van der Waals surface area contributed by atoms with E-state index < -0.39 is 0 Å². The van der Waals surface area contributed by atoms with Crippen molar-refractivity contribution in [2.75, 3.05) is 37.7 Å². The molecule has 1 aliphatic rings. The summed E-state index contributed by atoms with van der Waals surface area (Å²) in [5.74, 6) is 2.46. The average molecular weight is 278 g/mol. The van der Waals surface area contributed by atoms with Gasteiger partial charge in [-0.25, -0.2) is 9.97 Å². The summed E-state index contributed by atoms with van der Waals surface area (Å²) in [4.78, 5) is 10.8. The SMILES string of the molecule is CCCNCC1CCN(c2cc(OCC)ncn2)CC1. The Balaban J connectivity index is 1.82. The van der Waals surface area contributed by atoms with E-state index >= 15 is 0 Å². The predicted molar refractivity (Wildman–Crippen MR) is 81.3 cm³/mol. The molecular formula is C15H26N4O. The second kappa shape index (κ2) is 8.04. The van der Waals surface area contributed by atoms with E-state index in [1.54, 1.807) is 6.33 Å². The van der Waals surface area contributed by atoms with Crippen LogP contribution in [0.1, 0.15) is 33.1 Å². The Bertz CT molecular complexity index is 391. The lowest BCUT2D eigenvalue weighted by atomic mass is 9.97. The Morgan fingerprint density at radius 2 is 2.10 bits per heavy atom. The fourth-order valence-electron chi connectivity index (χ4n) is 2.58. The van der Waals surface area contributed by atoms with Gasteiger partial charge >= 0.3 is 0 Å². The molecule has 1 aromatic rings. The smallest absolute Gasteiger partial charge is 0.218 e. The third-order valence-electron chi connectivity index (χ3n) is 3.72. The zero-order chi connectivity index (χ0) is 14.2. The molecule has 0 bridgehead atoms. The first-order valence-corrected chi connectivity index (χ1v) is 7.74. The lowest BCUT2D eigenvalue weighted by Crippen LogP contribution is -2.37. The van der Waals surface area contributed by atoms with E-state index in [0.29, 0.717) is 12.5 Å². The molecule has 1 aromatic heterocycles. The maximum atomic E-state index is 5.44. The van der Waals surface area contributed by atoms with Crippen molar-refractivity contribution in [3.05, 3.63) is 12.4 Å². The van der Waals surface area contributed by atoms with E-state index in [-0.39, 0.29) is 0 Å². The van der Waals surface area contributed by atoms with Gasteiger partial charge in [0.1, 0.15) is 12.1 Å². The number of ether oxygens (including phenoxy) is 1. The third kappa shape index (κ3) is 4.34. The third-order valence-corrected chi connectivity index (χ3v) is 3.72. The second-order valence-electron chi connectivity index (χ2n) is 5.28. The largest absolute Gasteiger partial charge is 0.478 e. The lowest BCUT2D eigenvalue weighted by Gasteiger charge is -2.32. The van der Waals surface area contributed by atoms with Crippen molar-refractivity contribution in [1.82, 2.24) is 15.3 Å². The van der Waals surface area contributed by atoms with Crippen LogP contribution in [0.2, 0.25) is 0 Å². The maximum Gasteiger partial charge on any atom is 0.218 e. The first-order valence-electron chi connectivity index (χ1n) is 7.74. The van der Waals surface area contributed by atoms with E-state index in [0.717, 1.165) is 37.9 Å². The minimum Gasteiger partial charge on any atom is -0.478 e. The van der Waals surface area contributed by atoms with E-state index in [4.69, 9.17) is 4.74 Å². The van der Waals surface area contributed by atoms with Gasteiger partial charge < -0.3 is 15.0 Å². The molecular weight excluding hydrogens is 252 g/mol. The molecule has 0 saturated carbocycles. The highest BCUT2D eigenvalue weighted by Gasteiger charge is 2.20. The molecule has 0 radical (unpaired) electrons. The van der Waals surface area contributed by atoms with Gasteiger partial charge in [-0.1, -0.05) is 6.92 Å². The Morgan fingerprint density at radius 1 is 1.30 bits per heavy atom. The fourth-order valence-corrected chi connectivity index (χ4v) is 2.58. The van der Waals surface area contributed by atoms with E-state index in [2.05, 4.69) is 27.1 Å². The summed E-state index contributed by atoms with van der Waals surface area (Å²) in [5, 5.41) is 3.52. The Morgan fingerprint density at radius 3 is 2.80 bits per heavy atom. The van der Waals surface area contributed by atoms with Gasteiger partial charge in [0.2, 0.25) is 5.88 Å². The molecule has 5 heteroatoms. The summed E-state index contributed by atoms with van der Waals surface area (Å²) in [5.41, 5.74) is 0. The van der Waals surface area contributed by atoms with Crippen molar-refractivity contribution in [3.8, 4) is 5.88 Å². The van der Waals surface area contributed by atoms with Crippen LogP contribution in [0.15, 0.2) is 12.4 Å². The molecule has 1 N–H and O–H groups in total. The van der Waals surface area contributed by atoms with Crippen LogP contribution in [0.5, 0.6) is 5.88 Å². The van der Waals surface area contributed by atoms with Gasteiger partial charge in [-0.2, -0.15) is 0 Å². The highest BCUT2D eigenvalue weighted by molar-refractivity contribution is 5.41. The van der Waals surface area contributed by atoms with Gasteiger partial charge in [-0.3, -0.25) is 0 Å². The first-order chi connectivity index (χ1) is 9.83. The number of rotatable bonds is 7. The quantitative estimate of drug-likeness (QED) is 0.774. The molecule has 1 saturated heterocycles. The van der Waals surface area contributed by atoms with E-state index in [1.807, 2.05) is 13.0 Å². The molecule has 112 valence electrons. The van der Waals surface area contributed by atoms with Crippen LogP contribution >= 0.6 is 0 Å². The summed E-state index contributed by atoms with van der Waals surface area (Å²) in [7, 11) is 0. The minimum absolute atomic E-state index is 0.641. The van der Waals surface area contributed by atoms with Gasteiger partial charge in [0, 0.05) is 19.2 Å². The van der Waals surface area contributed by atoms with Crippen LogP contribution in [0.3, 0.4) is 0 Å². The molecule has 0 aromatic carbocycles. The Hall–Kier alpha value is -1.36. The number of nitrogens with one attached hydrogen (secondary N) is 1. The summed E-state index contributed by atoms with van der Waals surface area (Å²) in [6.07, 6.45) is 5.25. The van der Waals surface area contributed by atoms with Crippen LogP contribution in [0.25, 0.3) is 0 Å². The van der Waals surface area contributed by atoms with Crippen molar-refractivity contribution >= 4 is 5.82 Å². The van der Waals surface area contributed by atoms with Gasteiger partial charge in [0.05, 0.1) is 6.61 Å². The summed E-state index contributed by atoms with van der Waals surface area (Å²) in [6.45, 7) is 9.24. The van der Waals surface area contributed by atoms with Crippen LogP contribution in [-0.2, 0) is 0 Å². The zero-order valence-corrected chi connectivity index (χ0v) is 12.6. The summed E-state index contributed by atoms with van der Waals surface area (Å²) >= 11 is 0. The number of hydrogen-bond donors (Lipinski definition) is 1. The molecule has 0 atom stereocenters. The Kier molecular flexibility index (Phi) is 6.05. The van der Waals surface area contributed by atoms with Crippen LogP contribution in [0, 0.1) is 5.92 Å². The van der Waals surface area contributed by atoms with Crippen molar-refractivity contribution in [3.63, 3.8) is 0 Å². The van der Waals surface area contributed by atoms with Crippen LogP contribution in [0.4, 0.5) is 5.82 Å². The van der Waals surface area contributed by atoms with Crippen LogP contribution in [-0.4, -0.2) is 42.8 Å². The molecule has 0 amide bonds. The molecule has 0 aliphatic carbocycles. The van der Waals surface area contributed by atoms with Gasteiger partial charge in [-0.15, -0.1) is 0 Å². The van der Waals surface area contributed by atoms with E-state index in [1.165, 1.54) is 19.3 Å². The predicted octanol–water partition coefficient (Wildman–Crippen LogP) is 2.09. The normalized spacial score (nSPS) is 16.4. The molecule has 1 fully saturated rings. The molecule has 1 aliphatic heterocycles. The maximum absolute atomic E-state index is 5.44. The van der Waals surface area contributed by atoms with Crippen molar-refractivity contribution in [1.29, 1.82) is 0 Å². The average Bonchev–Trinajstić information content (AvgIpc) is 2.49. The summed E-state index contributed by atoms with van der Waals surface area (Å²) < 4.78 is 5.44. The zero-order valence-electron chi connectivity index (χ0n) is 12.6. The van der Waals surface area contributed by atoms with E-state index in [9.17, 15) is 0 Å². The van der Waals surface area contributed by atoms with Crippen molar-refractivity contribution in [2.24, 2.45) is 5.92 Å². The number of aromatic nitrogens is 2. The number of anilines is 1. The molecule has 5 nitrogen and oxygen atoms in total. The monoisotopic (exact) mass is 278 g/mol. The molecule has 0 unspecified atom stereocenters. The molecule has 2 rings (SSSR count). The van der Waals surface area contributed by atoms with Gasteiger partial charge in [0.25, 0.3) is 0 Å². The van der Waals surface area contributed by atoms with Crippen LogP contribution < -0.4 is 15.0 Å². The van der Waals surface area contributed by atoms with Crippen molar-refractivity contribution < 1.29 is 4.74 Å². The number of nitrogens with zero attached hydrogens (tertiary/aromatic N) is 3. The van der Waals surface area contributed by atoms with Gasteiger partial charge in [0.15, 0.2) is 0 Å². The second-order valence-corrected chi connectivity index (χ2v) is 5.28. The highest BCUT2D eigenvalue weighted by Crippen LogP contribution is 2.23. The highest BCUT2D eigenvalue weighted by atomic mass is 16.5. The van der Waals surface area contributed by atoms with Gasteiger partial charge in [-0.05, 0) is 45.2 Å². The minimum atomic E-state index is 0.641.